The molecule has 1 aromatic rings. The van der Waals surface area contributed by atoms with Crippen LogP contribution in [-0.4, -0.2) is 34.9 Å². The van der Waals surface area contributed by atoms with Gasteiger partial charge in [-0.3, -0.25) is 4.79 Å². The van der Waals surface area contributed by atoms with Crippen molar-refractivity contribution in [3.05, 3.63) is 22.5 Å². The molecule has 0 aliphatic heterocycles. The maximum Gasteiger partial charge on any atom is 0.340 e. The van der Waals surface area contributed by atoms with Gasteiger partial charge in [-0.05, 0) is 89.5 Å². The molecule has 0 saturated heterocycles. The summed E-state index contributed by atoms with van der Waals surface area (Å²) < 4.78 is 5.15. The van der Waals surface area contributed by atoms with Crippen molar-refractivity contribution in [1.82, 2.24) is 10.3 Å². The zero-order valence-corrected chi connectivity index (χ0v) is 17.0. The van der Waals surface area contributed by atoms with Gasteiger partial charge in [-0.15, -0.1) is 0 Å². The van der Waals surface area contributed by atoms with Crippen LogP contribution in [0.2, 0.25) is 0 Å². The summed E-state index contributed by atoms with van der Waals surface area (Å²) in [5.41, 5.74) is 2.59. The van der Waals surface area contributed by atoms with Crippen LogP contribution in [-0.2, 0) is 4.74 Å². The number of H-pyrrole nitrogens is 1. The van der Waals surface area contributed by atoms with Crippen LogP contribution in [0.25, 0.3) is 0 Å². The fraction of sp³-hybridized carbons (Fsp3) is 0.727. The number of ether oxygens (including phenoxy) is 1. The largest absolute Gasteiger partial charge is 0.462 e. The molecule has 2 N–H and O–H groups in total. The van der Waals surface area contributed by atoms with E-state index in [0.717, 1.165) is 17.8 Å². The van der Waals surface area contributed by atoms with Crippen LogP contribution in [0.5, 0.6) is 0 Å². The van der Waals surface area contributed by atoms with Gasteiger partial charge in [-0.2, -0.15) is 0 Å². The highest BCUT2D eigenvalue weighted by atomic mass is 16.5. The number of Topliss-reactive ketones (excluding diaryl/α,β-unsaturated/α-hetero) is 1. The highest BCUT2D eigenvalue weighted by molar-refractivity contribution is 6.03. The summed E-state index contributed by atoms with van der Waals surface area (Å²) >= 11 is 0. The number of nitrogens with one attached hydrogen (secondary N) is 2. The van der Waals surface area contributed by atoms with E-state index >= 15 is 0 Å². The lowest BCUT2D eigenvalue weighted by Crippen LogP contribution is -2.61. The molecule has 0 amide bonds. The first kappa shape index (κ1) is 18.7. The van der Waals surface area contributed by atoms with Crippen molar-refractivity contribution < 1.29 is 14.3 Å². The molecule has 5 nitrogen and oxygen atoms in total. The number of esters is 1. The summed E-state index contributed by atoms with van der Waals surface area (Å²) in [5.74, 6) is 2.22. The molecular weight excluding hydrogens is 340 g/mol. The number of carbonyl (C=O) groups is 2. The molecule has 1 heterocycles. The van der Waals surface area contributed by atoms with Gasteiger partial charge in [0.05, 0.1) is 23.9 Å². The van der Waals surface area contributed by atoms with Gasteiger partial charge in [-0.25, -0.2) is 4.79 Å². The molecular formula is C22H32N2O3. The van der Waals surface area contributed by atoms with Crippen molar-refractivity contribution in [2.45, 2.75) is 77.8 Å². The van der Waals surface area contributed by atoms with E-state index in [2.05, 4.69) is 10.3 Å². The number of aromatic amines is 1. The summed E-state index contributed by atoms with van der Waals surface area (Å²) in [5, 5.41) is 3.75. The van der Waals surface area contributed by atoms with Crippen LogP contribution in [0.3, 0.4) is 0 Å². The second-order valence-corrected chi connectivity index (χ2v) is 9.27. The van der Waals surface area contributed by atoms with Crippen LogP contribution < -0.4 is 5.32 Å². The number of carbonyl (C=O) groups excluding carboxylic acids is 2. The van der Waals surface area contributed by atoms with Crippen molar-refractivity contribution in [1.29, 1.82) is 0 Å². The summed E-state index contributed by atoms with van der Waals surface area (Å²) in [4.78, 5) is 28.6. The second kappa shape index (κ2) is 6.77. The topological polar surface area (TPSA) is 71.2 Å². The van der Waals surface area contributed by atoms with Gasteiger partial charge in [-0.1, -0.05) is 0 Å². The van der Waals surface area contributed by atoms with Gasteiger partial charge in [0.2, 0.25) is 0 Å². The minimum atomic E-state index is -0.357. The van der Waals surface area contributed by atoms with E-state index in [4.69, 9.17) is 4.74 Å². The third-order valence-electron chi connectivity index (χ3n) is 7.12. The fourth-order valence-electron chi connectivity index (χ4n) is 6.53. The van der Waals surface area contributed by atoms with Gasteiger partial charge in [0.15, 0.2) is 5.78 Å². The molecule has 0 radical (unpaired) electrons. The smallest absolute Gasteiger partial charge is 0.340 e. The fourth-order valence-corrected chi connectivity index (χ4v) is 6.53. The van der Waals surface area contributed by atoms with Crippen molar-refractivity contribution in [3.63, 3.8) is 0 Å². The minimum absolute atomic E-state index is 0.0434. The van der Waals surface area contributed by atoms with Crippen LogP contribution in [0, 0.1) is 31.6 Å². The molecule has 4 saturated carbocycles. The molecule has 4 bridgehead atoms. The highest BCUT2D eigenvalue weighted by Gasteiger charge is 2.51. The standard InChI is InChI=1S/C22H32N2O3/c1-5-27-21(26)18-12(2)19(23-13(18)3)20(25)14(4)24-22-9-15-6-16(10-22)8-17(7-15)11-22/h14-17,23-24H,5-11H2,1-4H3/t14-,15?,16?,17?,22?/m0/s1. The average Bonchev–Trinajstić information content (AvgIpc) is 2.87. The summed E-state index contributed by atoms with van der Waals surface area (Å²) in [7, 11) is 0. The predicted molar refractivity (Wildman–Crippen MR) is 104 cm³/mol. The normalized spacial score (nSPS) is 32.5. The summed E-state index contributed by atoms with van der Waals surface area (Å²) in [6.45, 7) is 7.75. The Hall–Kier alpha value is -1.62. The van der Waals surface area contributed by atoms with E-state index in [1.54, 1.807) is 6.92 Å². The van der Waals surface area contributed by atoms with Crippen molar-refractivity contribution in [2.24, 2.45) is 17.8 Å². The Kier molecular flexibility index (Phi) is 4.69. The highest BCUT2D eigenvalue weighted by Crippen LogP contribution is 2.55. The Morgan fingerprint density at radius 3 is 2.22 bits per heavy atom. The van der Waals surface area contributed by atoms with Gasteiger partial charge >= 0.3 is 5.97 Å². The molecule has 1 atom stereocenters. The van der Waals surface area contributed by atoms with Gasteiger partial charge in [0, 0.05) is 11.2 Å². The minimum Gasteiger partial charge on any atom is -0.462 e. The van der Waals surface area contributed by atoms with E-state index in [1.807, 2.05) is 20.8 Å². The van der Waals surface area contributed by atoms with Crippen LogP contribution >= 0.6 is 0 Å². The number of rotatable bonds is 6. The van der Waals surface area contributed by atoms with E-state index < -0.39 is 0 Å². The van der Waals surface area contributed by atoms with Crippen LogP contribution in [0.15, 0.2) is 0 Å². The maximum atomic E-state index is 13.2. The number of ketones is 1. The van der Waals surface area contributed by atoms with E-state index in [9.17, 15) is 9.59 Å². The lowest BCUT2D eigenvalue weighted by molar-refractivity contribution is -0.0232. The molecule has 5 rings (SSSR count). The Morgan fingerprint density at radius 1 is 1.15 bits per heavy atom. The predicted octanol–water partition coefficient (Wildman–Crippen LogP) is 3.94. The number of aryl methyl sites for hydroxylation is 1. The van der Waals surface area contributed by atoms with Crippen molar-refractivity contribution in [2.75, 3.05) is 6.61 Å². The van der Waals surface area contributed by atoms with Crippen LogP contribution in [0.1, 0.15) is 84.5 Å². The van der Waals surface area contributed by atoms with Crippen molar-refractivity contribution in [3.8, 4) is 0 Å². The molecule has 1 aromatic heterocycles. The number of aromatic nitrogens is 1. The second-order valence-electron chi connectivity index (χ2n) is 9.27. The third kappa shape index (κ3) is 3.24. The Labute approximate surface area is 161 Å². The van der Waals surface area contributed by atoms with E-state index in [-0.39, 0.29) is 23.3 Å². The van der Waals surface area contributed by atoms with Gasteiger partial charge in [0.25, 0.3) is 0 Å². The summed E-state index contributed by atoms with van der Waals surface area (Å²) in [6, 6.07) is -0.256. The third-order valence-corrected chi connectivity index (χ3v) is 7.12. The molecule has 0 aromatic carbocycles. The first-order valence-corrected chi connectivity index (χ1v) is 10.5. The molecule has 0 spiro atoms. The van der Waals surface area contributed by atoms with E-state index in [1.165, 1.54) is 38.5 Å². The Morgan fingerprint density at radius 2 is 1.70 bits per heavy atom. The zero-order chi connectivity index (χ0) is 19.3. The van der Waals surface area contributed by atoms with Gasteiger partial charge < -0.3 is 15.0 Å². The molecule has 4 aliphatic rings. The first-order chi connectivity index (χ1) is 12.8. The Bertz CT molecular complexity index is 729. The molecule has 4 fully saturated rings. The number of hydrogen-bond donors (Lipinski definition) is 2. The average molecular weight is 373 g/mol. The zero-order valence-electron chi connectivity index (χ0n) is 17.0. The van der Waals surface area contributed by atoms with Gasteiger partial charge in [0.1, 0.15) is 0 Å². The monoisotopic (exact) mass is 372 g/mol. The lowest BCUT2D eigenvalue weighted by Gasteiger charge is -2.57. The molecule has 148 valence electrons. The summed E-state index contributed by atoms with van der Waals surface area (Å²) in [6.07, 6.45) is 7.82. The molecule has 0 unspecified atom stereocenters. The molecule has 5 heteroatoms. The maximum absolute atomic E-state index is 13.2. The lowest BCUT2D eigenvalue weighted by atomic mass is 9.53. The molecule has 4 aliphatic carbocycles. The van der Waals surface area contributed by atoms with Crippen LogP contribution in [0.4, 0.5) is 0 Å². The molecule has 27 heavy (non-hydrogen) atoms. The van der Waals surface area contributed by atoms with E-state index in [0.29, 0.717) is 29.1 Å². The quantitative estimate of drug-likeness (QED) is 0.586. The first-order valence-electron chi connectivity index (χ1n) is 10.5. The van der Waals surface area contributed by atoms with Crippen molar-refractivity contribution >= 4 is 11.8 Å². The SMILES string of the molecule is CCOC(=O)c1c(C)[nH]c(C(=O)[C@H](C)NC23CC4CC(CC(C4)C2)C3)c1C. The number of hydrogen-bond acceptors (Lipinski definition) is 4. The Balaban J connectivity index is 1.52.